The summed E-state index contributed by atoms with van der Waals surface area (Å²) in [6, 6.07) is 2.83. The van der Waals surface area contributed by atoms with Crippen LogP contribution in [0.25, 0.3) is 0 Å². The summed E-state index contributed by atoms with van der Waals surface area (Å²) in [5, 5.41) is 11.7. The van der Waals surface area contributed by atoms with Crippen molar-refractivity contribution in [1.29, 1.82) is 0 Å². The minimum atomic E-state index is -0.784. The molecule has 1 aromatic rings. The molecule has 0 saturated heterocycles. The van der Waals surface area contributed by atoms with E-state index >= 15 is 0 Å². The van der Waals surface area contributed by atoms with Crippen LogP contribution in [0.1, 0.15) is 65.0 Å². The van der Waals surface area contributed by atoms with Crippen LogP contribution in [0, 0.1) is 16.0 Å². The lowest BCUT2D eigenvalue weighted by Gasteiger charge is -2.28. The first-order valence-corrected chi connectivity index (χ1v) is 10.2. The SMILES string of the molecule is CCCCN(CCCC)C(=O)OC(c1cc(OC)c(OC)cc1[N+](=O)[O-])C(C)C. The first kappa shape index (κ1) is 24.5. The van der Waals surface area contributed by atoms with Crippen LogP contribution in [-0.4, -0.2) is 43.2 Å². The Morgan fingerprint density at radius 3 is 2.00 bits per heavy atom. The molecule has 0 spiro atoms. The molecule has 1 amide bonds. The Morgan fingerprint density at radius 2 is 1.59 bits per heavy atom. The molecule has 1 unspecified atom stereocenters. The lowest BCUT2D eigenvalue weighted by atomic mass is 9.96. The van der Waals surface area contributed by atoms with Gasteiger partial charge in [-0.1, -0.05) is 40.5 Å². The number of ether oxygens (including phenoxy) is 3. The predicted octanol–water partition coefficient (Wildman–Crippen LogP) is 5.35. The maximum Gasteiger partial charge on any atom is 0.410 e. The van der Waals surface area contributed by atoms with Gasteiger partial charge in [-0.15, -0.1) is 0 Å². The van der Waals surface area contributed by atoms with Crippen LogP contribution in [-0.2, 0) is 4.74 Å². The highest BCUT2D eigenvalue weighted by Gasteiger charge is 2.31. The van der Waals surface area contributed by atoms with Gasteiger partial charge in [-0.3, -0.25) is 10.1 Å². The third kappa shape index (κ3) is 6.80. The molecule has 0 aliphatic carbocycles. The molecule has 0 radical (unpaired) electrons. The number of carbonyl (C=O) groups is 1. The molecule has 8 nitrogen and oxygen atoms in total. The highest BCUT2D eigenvalue weighted by Crippen LogP contribution is 2.40. The quantitative estimate of drug-likeness (QED) is 0.341. The molecule has 0 heterocycles. The van der Waals surface area contributed by atoms with Crippen molar-refractivity contribution in [3.8, 4) is 11.5 Å². The van der Waals surface area contributed by atoms with Crippen molar-refractivity contribution in [2.24, 2.45) is 5.92 Å². The van der Waals surface area contributed by atoms with Crippen molar-refractivity contribution in [3.63, 3.8) is 0 Å². The van der Waals surface area contributed by atoms with Crippen LogP contribution in [0.15, 0.2) is 12.1 Å². The number of unbranched alkanes of at least 4 members (excludes halogenated alkanes) is 2. The van der Waals surface area contributed by atoms with E-state index in [1.165, 1.54) is 26.4 Å². The van der Waals surface area contributed by atoms with Gasteiger partial charge in [0.25, 0.3) is 5.69 Å². The molecular formula is C21H34N2O6. The monoisotopic (exact) mass is 410 g/mol. The van der Waals surface area contributed by atoms with E-state index in [2.05, 4.69) is 13.8 Å². The molecule has 29 heavy (non-hydrogen) atoms. The molecule has 8 heteroatoms. The standard InChI is InChI=1S/C21H34N2O6/c1-7-9-11-22(12-10-8-2)21(24)29-20(15(3)4)16-13-18(27-5)19(28-6)14-17(16)23(25)26/h13-15,20H,7-12H2,1-6H3. The Hall–Kier alpha value is -2.51. The number of carbonyl (C=O) groups excluding carboxylic acids is 1. The summed E-state index contributed by atoms with van der Waals surface area (Å²) in [6.45, 7) is 9.06. The van der Waals surface area contributed by atoms with E-state index in [4.69, 9.17) is 14.2 Å². The molecule has 0 saturated carbocycles. The smallest absolute Gasteiger partial charge is 0.410 e. The van der Waals surface area contributed by atoms with E-state index < -0.39 is 17.1 Å². The zero-order valence-corrected chi connectivity index (χ0v) is 18.4. The molecular weight excluding hydrogens is 376 g/mol. The van der Waals surface area contributed by atoms with Crippen molar-refractivity contribution in [1.82, 2.24) is 4.90 Å². The summed E-state index contributed by atoms with van der Waals surface area (Å²) in [7, 11) is 2.88. The topological polar surface area (TPSA) is 91.1 Å². The largest absolute Gasteiger partial charge is 0.493 e. The highest BCUT2D eigenvalue weighted by molar-refractivity contribution is 5.68. The molecule has 0 aliphatic rings. The van der Waals surface area contributed by atoms with Crippen molar-refractivity contribution in [3.05, 3.63) is 27.8 Å². The average Bonchev–Trinajstić information content (AvgIpc) is 2.70. The molecule has 164 valence electrons. The van der Waals surface area contributed by atoms with Gasteiger partial charge in [0.05, 0.1) is 30.8 Å². The second-order valence-electron chi connectivity index (χ2n) is 7.27. The Kier molecular flexibility index (Phi) is 10.3. The van der Waals surface area contributed by atoms with Gasteiger partial charge in [0, 0.05) is 13.1 Å². The summed E-state index contributed by atoms with van der Waals surface area (Å²) < 4.78 is 16.3. The Bertz CT molecular complexity index is 669. The zero-order chi connectivity index (χ0) is 22.0. The summed E-state index contributed by atoms with van der Waals surface area (Å²) in [4.78, 5) is 25.8. The minimum absolute atomic E-state index is 0.164. The van der Waals surface area contributed by atoms with E-state index in [0.717, 1.165) is 25.7 Å². The van der Waals surface area contributed by atoms with Crippen LogP contribution in [0.3, 0.4) is 0 Å². The van der Waals surface area contributed by atoms with Gasteiger partial charge in [-0.25, -0.2) is 4.79 Å². The zero-order valence-electron chi connectivity index (χ0n) is 18.4. The van der Waals surface area contributed by atoms with E-state index in [1.54, 1.807) is 4.90 Å². The van der Waals surface area contributed by atoms with Gasteiger partial charge < -0.3 is 19.1 Å². The Labute approximate surface area is 173 Å². The van der Waals surface area contributed by atoms with Crippen molar-refractivity contribution in [2.75, 3.05) is 27.3 Å². The normalized spacial score (nSPS) is 11.8. The first-order chi connectivity index (χ1) is 13.8. The van der Waals surface area contributed by atoms with Gasteiger partial charge >= 0.3 is 6.09 Å². The fraction of sp³-hybridized carbons (Fsp3) is 0.667. The number of nitro groups is 1. The van der Waals surface area contributed by atoms with Gasteiger partial charge in [0.1, 0.15) is 6.10 Å². The van der Waals surface area contributed by atoms with Crippen LogP contribution >= 0.6 is 0 Å². The summed E-state index contributed by atoms with van der Waals surface area (Å²) >= 11 is 0. The summed E-state index contributed by atoms with van der Waals surface area (Å²) in [6.07, 6.45) is 2.45. The molecule has 0 N–H and O–H groups in total. The van der Waals surface area contributed by atoms with E-state index in [0.29, 0.717) is 24.4 Å². The van der Waals surface area contributed by atoms with E-state index in [9.17, 15) is 14.9 Å². The van der Waals surface area contributed by atoms with E-state index in [-0.39, 0.29) is 17.4 Å². The second-order valence-corrected chi connectivity index (χ2v) is 7.27. The fourth-order valence-corrected chi connectivity index (χ4v) is 3.00. The molecule has 1 aromatic carbocycles. The van der Waals surface area contributed by atoms with Crippen LogP contribution in [0.2, 0.25) is 0 Å². The van der Waals surface area contributed by atoms with E-state index in [1.807, 2.05) is 13.8 Å². The Morgan fingerprint density at radius 1 is 1.07 bits per heavy atom. The molecule has 0 fully saturated rings. The highest BCUT2D eigenvalue weighted by atomic mass is 16.6. The molecule has 1 atom stereocenters. The molecule has 1 rings (SSSR count). The first-order valence-electron chi connectivity index (χ1n) is 10.2. The number of nitrogens with zero attached hydrogens (tertiary/aromatic N) is 2. The number of methoxy groups -OCH3 is 2. The lowest BCUT2D eigenvalue weighted by molar-refractivity contribution is -0.386. The number of hydrogen-bond donors (Lipinski definition) is 0. The number of benzene rings is 1. The third-order valence-electron chi connectivity index (χ3n) is 4.69. The van der Waals surface area contributed by atoms with Gasteiger partial charge in [0.15, 0.2) is 11.5 Å². The maximum absolute atomic E-state index is 12.9. The Balaban J connectivity index is 3.28. The van der Waals surface area contributed by atoms with Crippen molar-refractivity contribution < 1.29 is 23.9 Å². The lowest BCUT2D eigenvalue weighted by Crippen LogP contribution is -2.35. The minimum Gasteiger partial charge on any atom is -0.493 e. The van der Waals surface area contributed by atoms with Gasteiger partial charge in [0.2, 0.25) is 0 Å². The second kappa shape index (κ2) is 12.1. The predicted molar refractivity (Wildman–Crippen MR) is 112 cm³/mol. The van der Waals surface area contributed by atoms with Crippen molar-refractivity contribution in [2.45, 2.75) is 59.5 Å². The number of rotatable bonds is 12. The molecule has 0 bridgehead atoms. The van der Waals surface area contributed by atoms with Gasteiger partial charge in [-0.05, 0) is 24.8 Å². The van der Waals surface area contributed by atoms with Crippen molar-refractivity contribution >= 4 is 11.8 Å². The summed E-state index contributed by atoms with van der Waals surface area (Å²) in [5.41, 5.74) is 0.129. The maximum atomic E-state index is 12.9. The fourth-order valence-electron chi connectivity index (χ4n) is 3.00. The van der Waals surface area contributed by atoms with Crippen LogP contribution in [0.4, 0.5) is 10.5 Å². The number of nitro benzene ring substituents is 1. The van der Waals surface area contributed by atoms with Crippen LogP contribution in [0.5, 0.6) is 11.5 Å². The number of hydrogen-bond acceptors (Lipinski definition) is 6. The van der Waals surface area contributed by atoms with Crippen LogP contribution < -0.4 is 9.47 Å². The van der Waals surface area contributed by atoms with Gasteiger partial charge in [-0.2, -0.15) is 0 Å². The molecule has 0 aliphatic heterocycles. The summed E-state index contributed by atoms with van der Waals surface area (Å²) in [5.74, 6) is 0.433. The number of amides is 1. The molecule has 0 aromatic heterocycles. The third-order valence-corrected chi connectivity index (χ3v) is 4.69. The average molecular weight is 411 g/mol.